The topological polar surface area (TPSA) is 148 Å². The van der Waals surface area contributed by atoms with Gasteiger partial charge in [-0.1, -0.05) is 37.3 Å². The molecule has 2 amide bonds. The first kappa shape index (κ1) is 22.4. The maximum Gasteiger partial charge on any atom is 0.292 e. The lowest BCUT2D eigenvalue weighted by molar-refractivity contribution is -0.384. The van der Waals surface area contributed by atoms with E-state index in [-0.39, 0.29) is 29.9 Å². The fraction of sp³-hybridized carbons (Fsp3) is 0.238. The van der Waals surface area contributed by atoms with Gasteiger partial charge in [0.15, 0.2) is 5.69 Å². The summed E-state index contributed by atoms with van der Waals surface area (Å²) in [6.45, 7) is 2.37. The number of aryl methyl sites for hydroxylation is 1. The van der Waals surface area contributed by atoms with Crippen LogP contribution in [0.25, 0.3) is 10.8 Å². The zero-order chi connectivity index (χ0) is 23.1. The van der Waals surface area contributed by atoms with Crippen LogP contribution < -0.4 is 21.7 Å². The van der Waals surface area contributed by atoms with Crippen LogP contribution in [0.3, 0.4) is 0 Å². The Balaban J connectivity index is 1.63. The van der Waals surface area contributed by atoms with Crippen molar-refractivity contribution >= 4 is 34.0 Å². The van der Waals surface area contributed by atoms with Crippen LogP contribution in [0.4, 0.5) is 11.4 Å². The van der Waals surface area contributed by atoms with Crippen LogP contribution in [-0.4, -0.2) is 33.1 Å². The van der Waals surface area contributed by atoms with Gasteiger partial charge in [-0.25, -0.2) is 4.68 Å². The second-order valence-electron chi connectivity index (χ2n) is 6.88. The van der Waals surface area contributed by atoms with E-state index in [1.54, 1.807) is 42.5 Å². The number of nitrogens with zero attached hydrogens (tertiary/aromatic N) is 3. The molecule has 0 aliphatic heterocycles. The molecule has 0 aliphatic carbocycles. The minimum absolute atomic E-state index is 0.0204. The first-order chi connectivity index (χ1) is 15.4. The van der Waals surface area contributed by atoms with Gasteiger partial charge < -0.3 is 5.32 Å². The molecule has 32 heavy (non-hydrogen) atoms. The van der Waals surface area contributed by atoms with Gasteiger partial charge in [0.05, 0.1) is 10.3 Å². The summed E-state index contributed by atoms with van der Waals surface area (Å²) in [5.74, 6) is -1.17. The summed E-state index contributed by atoms with van der Waals surface area (Å²) in [5, 5.41) is 18.8. The number of benzene rings is 2. The molecule has 1 heterocycles. The van der Waals surface area contributed by atoms with E-state index in [0.717, 1.165) is 0 Å². The van der Waals surface area contributed by atoms with Crippen LogP contribution in [0, 0.1) is 10.1 Å². The van der Waals surface area contributed by atoms with Crippen molar-refractivity contribution in [1.82, 2.24) is 20.6 Å². The van der Waals surface area contributed by atoms with Crippen molar-refractivity contribution in [3.63, 3.8) is 0 Å². The molecular formula is C21H22N6O5. The second kappa shape index (κ2) is 10.2. The summed E-state index contributed by atoms with van der Waals surface area (Å²) in [4.78, 5) is 47.8. The van der Waals surface area contributed by atoms with Gasteiger partial charge in [-0.15, -0.1) is 0 Å². The van der Waals surface area contributed by atoms with E-state index in [4.69, 9.17) is 0 Å². The first-order valence-electron chi connectivity index (χ1n) is 9.98. The van der Waals surface area contributed by atoms with Crippen LogP contribution in [0.2, 0.25) is 0 Å². The predicted molar refractivity (Wildman–Crippen MR) is 118 cm³/mol. The minimum Gasteiger partial charge on any atom is -0.379 e. The highest BCUT2D eigenvalue weighted by atomic mass is 16.6. The van der Waals surface area contributed by atoms with Gasteiger partial charge >= 0.3 is 0 Å². The van der Waals surface area contributed by atoms with Gasteiger partial charge in [0.2, 0.25) is 5.91 Å². The molecule has 166 valence electrons. The standard InChI is InChI=1S/C21H22N6O5/c1-2-13-26-21(30)15-8-4-3-7-14(15)19(25-26)20(29)24-23-18(28)11-12-22-16-9-5-6-10-17(16)27(31)32/h3-10,22H,2,11-13H2,1H3,(H,23,28)(H,24,29). The number of nitro benzene ring substituents is 1. The largest absolute Gasteiger partial charge is 0.379 e. The van der Waals surface area contributed by atoms with Gasteiger partial charge in [-0.05, 0) is 18.6 Å². The molecule has 11 heteroatoms. The van der Waals surface area contributed by atoms with E-state index in [9.17, 15) is 24.5 Å². The Labute approximate surface area is 182 Å². The van der Waals surface area contributed by atoms with Crippen molar-refractivity contribution < 1.29 is 14.5 Å². The normalized spacial score (nSPS) is 10.5. The highest BCUT2D eigenvalue weighted by Crippen LogP contribution is 2.22. The zero-order valence-corrected chi connectivity index (χ0v) is 17.3. The summed E-state index contributed by atoms with van der Waals surface area (Å²) >= 11 is 0. The molecule has 0 unspecified atom stereocenters. The van der Waals surface area contributed by atoms with Gasteiger partial charge in [0, 0.05) is 31.0 Å². The molecule has 3 N–H and O–H groups in total. The molecular weight excluding hydrogens is 416 g/mol. The average molecular weight is 438 g/mol. The van der Waals surface area contributed by atoms with Crippen LogP contribution in [0.15, 0.2) is 53.3 Å². The van der Waals surface area contributed by atoms with Gasteiger partial charge in [0.25, 0.3) is 17.2 Å². The van der Waals surface area contributed by atoms with Crippen LogP contribution in [0.5, 0.6) is 0 Å². The Kier molecular flexibility index (Phi) is 7.11. The third kappa shape index (κ3) is 5.06. The summed E-state index contributed by atoms with van der Waals surface area (Å²) in [5.41, 5.74) is 4.53. The average Bonchev–Trinajstić information content (AvgIpc) is 2.79. The lowest BCUT2D eigenvalue weighted by atomic mass is 10.1. The van der Waals surface area contributed by atoms with Crippen molar-refractivity contribution in [3.05, 3.63) is 74.7 Å². The van der Waals surface area contributed by atoms with E-state index in [2.05, 4.69) is 21.3 Å². The first-order valence-corrected chi connectivity index (χ1v) is 9.98. The minimum atomic E-state index is -0.661. The molecule has 0 bridgehead atoms. The number of carbonyl (C=O) groups is 2. The number of hydrogen-bond acceptors (Lipinski definition) is 7. The second-order valence-corrected chi connectivity index (χ2v) is 6.88. The number of aromatic nitrogens is 2. The summed E-state index contributed by atoms with van der Waals surface area (Å²) < 4.78 is 1.23. The number of anilines is 1. The number of carbonyl (C=O) groups excluding carboxylic acids is 2. The fourth-order valence-electron chi connectivity index (χ4n) is 3.11. The Bertz CT molecular complexity index is 1220. The molecule has 1 aromatic heterocycles. The molecule has 3 aromatic rings. The molecule has 3 rings (SSSR count). The number of nitro groups is 1. The molecule has 0 fully saturated rings. The summed E-state index contributed by atoms with van der Waals surface area (Å²) in [6.07, 6.45) is 0.617. The quantitative estimate of drug-likeness (QED) is 0.360. The number of para-hydroxylation sites is 2. The predicted octanol–water partition coefficient (Wildman–Crippen LogP) is 1.98. The maximum absolute atomic E-state index is 12.7. The van der Waals surface area contributed by atoms with E-state index in [1.165, 1.54) is 10.7 Å². The highest BCUT2D eigenvalue weighted by Gasteiger charge is 2.17. The van der Waals surface area contributed by atoms with E-state index < -0.39 is 16.7 Å². The molecule has 0 saturated heterocycles. The van der Waals surface area contributed by atoms with Gasteiger partial charge in [-0.3, -0.25) is 35.3 Å². The third-order valence-corrected chi connectivity index (χ3v) is 4.60. The van der Waals surface area contributed by atoms with Crippen molar-refractivity contribution in [2.75, 3.05) is 11.9 Å². The number of hydrazine groups is 1. The van der Waals surface area contributed by atoms with E-state index >= 15 is 0 Å². The number of fused-ring (bicyclic) bond motifs is 1. The van der Waals surface area contributed by atoms with Crippen molar-refractivity contribution in [2.24, 2.45) is 0 Å². The Morgan fingerprint density at radius 2 is 1.75 bits per heavy atom. The Morgan fingerprint density at radius 3 is 2.47 bits per heavy atom. The third-order valence-electron chi connectivity index (χ3n) is 4.60. The lowest BCUT2D eigenvalue weighted by Gasteiger charge is -2.12. The number of nitrogens with one attached hydrogen (secondary N) is 3. The zero-order valence-electron chi connectivity index (χ0n) is 17.3. The number of amides is 2. The Hall–Kier alpha value is -4.28. The molecule has 2 aromatic carbocycles. The Morgan fingerprint density at radius 1 is 1.06 bits per heavy atom. The van der Waals surface area contributed by atoms with Crippen molar-refractivity contribution in [1.29, 1.82) is 0 Å². The van der Waals surface area contributed by atoms with Crippen molar-refractivity contribution in [3.8, 4) is 0 Å². The van der Waals surface area contributed by atoms with Crippen LogP contribution in [0.1, 0.15) is 30.3 Å². The fourth-order valence-corrected chi connectivity index (χ4v) is 3.11. The van der Waals surface area contributed by atoms with Crippen LogP contribution in [-0.2, 0) is 11.3 Å². The molecule has 0 aliphatic rings. The van der Waals surface area contributed by atoms with Gasteiger partial charge in [-0.2, -0.15) is 5.10 Å². The summed E-state index contributed by atoms with van der Waals surface area (Å²) in [6, 6.07) is 12.7. The molecule has 0 atom stereocenters. The smallest absolute Gasteiger partial charge is 0.292 e. The molecule has 0 radical (unpaired) electrons. The molecule has 0 spiro atoms. The molecule has 0 saturated carbocycles. The van der Waals surface area contributed by atoms with E-state index in [1.807, 2.05) is 6.92 Å². The van der Waals surface area contributed by atoms with E-state index in [0.29, 0.717) is 29.4 Å². The number of rotatable bonds is 8. The molecule has 11 nitrogen and oxygen atoms in total. The summed E-state index contributed by atoms with van der Waals surface area (Å²) in [7, 11) is 0. The SMILES string of the molecule is CCCn1nc(C(=O)NNC(=O)CCNc2ccccc2[N+](=O)[O-])c2ccccc2c1=O. The monoisotopic (exact) mass is 438 g/mol. The van der Waals surface area contributed by atoms with Crippen molar-refractivity contribution in [2.45, 2.75) is 26.3 Å². The van der Waals surface area contributed by atoms with Crippen LogP contribution >= 0.6 is 0 Å². The number of hydrogen-bond donors (Lipinski definition) is 3. The van der Waals surface area contributed by atoms with Gasteiger partial charge in [0.1, 0.15) is 5.69 Å². The lowest BCUT2D eigenvalue weighted by Crippen LogP contribution is -2.43. The maximum atomic E-state index is 12.7. The highest BCUT2D eigenvalue weighted by molar-refractivity contribution is 6.05.